The van der Waals surface area contributed by atoms with Crippen molar-refractivity contribution in [2.45, 2.75) is 45.7 Å². The van der Waals surface area contributed by atoms with E-state index in [0.717, 1.165) is 5.56 Å². The van der Waals surface area contributed by atoms with Gasteiger partial charge in [0.25, 0.3) is 5.91 Å². The molecule has 0 saturated heterocycles. The van der Waals surface area contributed by atoms with Gasteiger partial charge in [0.1, 0.15) is 6.04 Å². The van der Waals surface area contributed by atoms with Crippen LogP contribution in [0.5, 0.6) is 0 Å². The standard InChI is InChI=1S/C26H34N4O3/c1-18(2)16-24(31)30-17-21(28-25(32)19(3)27-4)26(33)29(22-12-8-9-13-23(22)30)15-14-20-10-6-5-7-11-20/h5-13,18-19,21,27H,14-17H2,1-4H3,(H,28,32)/t19-,21-/m0/s1. The van der Waals surface area contributed by atoms with Crippen LogP contribution in [0.25, 0.3) is 0 Å². The second-order valence-electron chi connectivity index (χ2n) is 8.89. The fourth-order valence-corrected chi connectivity index (χ4v) is 3.93. The van der Waals surface area contributed by atoms with Crippen LogP contribution in [0.4, 0.5) is 11.4 Å². The van der Waals surface area contributed by atoms with Crippen molar-refractivity contribution in [3.63, 3.8) is 0 Å². The number of benzene rings is 2. The molecule has 1 aliphatic heterocycles. The molecule has 1 aliphatic rings. The van der Waals surface area contributed by atoms with Crippen LogP contribution in [0.3, 0.4) is 0 Å². The number of amides is 3. The molecule has 0 unspecified atom stereocenters. The molecular weight excluding hydrogens is 416 g/mol. The van der Waals surface area contributed by atoms with Gasteiger partial charge in [-0.3, -0.25) is 14.4 Å². The average Bonchev–Trinajstić information content (AvgIpc) is 2.92. The van der Waals surface area contributed by atoms with Crippen molar-refractivity contribution in [3.8, 4) is 0 Å². The summed E-state index contributed by atoms with van der Waals surface area (Å²) in [6, 6.07) is 16.2. The van der Waals surface area contributed by atoms with Gasteiger partial charge < -0.3 is 20.4 Å². The summed E-state index contributed by atoms with van der Waals surface area (Å²) >= 11 is 0. The lowest BCUT2D eigenvalue weighted by Crippen LogP contribution is -2.56. The minimum atomic E-state index is -0.840. The molecule has 0 bridgehead atoms. The van der Waals surface area contributed by atoms with Gasteiger partial charge in [0.2, 0.25) is 11.8 Å². The van der Waals surface area contributed by atoms with Crippen LogP contribution in [0.15, 0.2) is 54.6 Å². The Hall–Kier alpha value is -3.19. The minimum absolute atomic E-state index is 0.0592. The molecule has 0 radical (unpaired) electrons. The van der Waals surface area contributed by atoms with Crippen molar-refractivity contribution in [1.82, 2.24) is 10.6 Å². The Morgan fingerprint density at radius 2 is 1.64 bits per heavy atom. The molecule has 2 N–H and O–H groups in total. The predicted octanol–water partition coefficient (Wildman–Crippen LogP) is 2.75. The highest BCUT2D eigenvalue weighted by atomic mass is 16.2. The van der Waals surface area contributed by atoms with Crippen LogP contribution < -0.4 is 20.4 Å². The summed E-state index contributed by atoms with van der Waals surface area (Å²) in [4.78, 5) is 43.0. The number of hydrogen-bond donors (Lipinski definition) is 2. The number of anilines is 2. The van der Waals surface area contributed by atoms with Crippen LogP contribution in [-0.4, -0.2) is 49.9 Å². The van der Waals surface area contributed by atoms with Crippen LogP contribution >= 0.6 is 0 Å². The number of nitrogens with zero attached hydrogens (tertiary/aromatic N) is 2. The highest BCUT2D eigenvalue weighted by molar-refractivity contribution is 6.08. The van der Waals surface area contributed by atoms with E-state index in [-0.39, 0.29) is 30.2 Å². The molecule has 0 fully saturated rings. The Labute approximate surface area is 196 Å². The summed E-state index contributed by atoms with van der Waals surface area (Å²) in [6.07, 6.45) is 1.02. The largest absolute Gasteiger partial charge is 0.341 e. The van der Waals surface area contributed by atoms with E-state index in [1.54, 1.807) is 23.8 Å². The fourth-order valence-electron chi connectivity index (χ4n) is 3.93. The van der Waals surface area contributed by atoms with Crippen molar-refractivity contribution in [2.24, 2.45) is 5.92 Å². The molecule has 0 aromatic heterocycles. The van der Waals surface area contributed by atoms with Gasteiger partial charge in [0.05, 0.1) is 24.0 Å². The molecule has 33 heavy (non-hydrogen) atoms. The Kier molecular flexibility index (Phi) is 8.22. The lowest BCUT2D eigenvalue weighted by Gasteiger charge is -2.26. The maximum atomic E-state index is 13.7. The number of carbonyl (C=O) groups excluding carboxylic acids is 3. The zero-order chi connectivity index (χ0) is 24.0. The zero-order valence-corrected chi connectivity index (χ0v) is 19.9. The van der Waals surface area contributed by atoms with Gasteiger partial charge in [-0.1, -0.05) is 56.3 Å². The minimum Gasteiger partial charge on any atom is -0.341 e. The number of hydrogen-bond acceptors (Lipinski definition) is 4. The molecular formula is C26H34N4O3. The number of rotatable bonds is 8. The molecule has 3 amide bonds. The predicted molar refractivity (Wildman–Crippen MR) is 131 cm³/mol. The Morgan fingerprint density at radius 1 is 1.00 bits per heavy atom. The van der Waals surface area contributed by atoms with Crippen LogP contribution in [0.1, 0.15) is 32.8 Å². The summed E-state index contributed by atoms with van der Waals surface area (Å²) in [7, 11) is 1.69. The van der Waals surface area contributed by atoms with Crippen molar-refractivity contribution >= 4 is 29.1 Å². The smallest absolute Gasteiger partial charge is 0.251 e. The first-order valence-electron chi connectivity index (χ1n) is 11.5. The highest BCUT2D eigenvalue weighted by Crippen LogP contribution is 2.33. The lowest BCUT2D eigenvalue weighted by atomic mass is 10.1. The molecule has 1 heterocycles. The van der Waals surface area contributed by atoms with Gasteiger partial charge in [-0.25, -0.2) is 0 Å². The van der Waals surface area contributed by atoms with E-state index in [0.29, 0.717) is 30.8 Å². The SMILES string of the molecule is CN[C@@H](C)C(=O)N[C@H]1CN(C(=O)CC(C)C)c2ccccc2N(CCc2ccccc2)C1=O. The number of fused-ring (bicyclic) bond motifs is 1. The molecule has 0 spiro atoms. The Balaban J connectivity index is 1.98. The summed E-state index contributed by atoms with van der Waals surface area (Å²) in [5.41, 5.74) is 2.50. The average molecular weight is 451 g/mol. The third-order valence-corrected chi connectivity index (χ3v) is 5.89. The zero-order valence-electron chi connectivity index (χ0n) is 19.9. The number of nitrogens with one attached hydrogen (secondary N) is 2. The number of carbonyl (C=O) groups is 3. The summed E-state index contributed by atoms with van der Waals surface area (Å²) in [6.45, 7) is 6.27. The second-order valence-corrected chi connectivity index (χ2v) is 8.89. The molecule has 2 aromatic carbocycles. The lowest BCUT2D eigenvalue weighted by molar-refractivity contribution is -0.128. The first-order chi connectivity index (χ1) is 15.8. The van der Waals surface area contributed by atoms with Crippen molar-refractivity contribution < 1.29 is 14.4 Å². The number of likely N-dealkylation sites (N-methyl/N-ethyl adjacent to an activating group) is 1. The van der Waals surface area contributed by atoms with E-state index in [9.17, 15) is 14.4 Å². The maximum Gasteiger partial charge on any atom is 0.251 e. The third kappa shape index (κ3) is 5.99. The molecule has 0 saturated carbocycles. The quantitative estimate of drug-likeness (QED) is 0.648. The van der Waals surface area contributed by atoms with E-state index < -0.39 is 12.1 Å². The first kappa shape index (κ1) is 24.5. The molecule has 2 atom stereocenters. The van der Waals surface area contributed by atoms with Gasteiger partial charge in [0.15, 0.2) is 0 Å². The van der Waals surface area contributed by atoms with Gasteiger partial charge >= 0.3 is 0 Å². The van der Waals surface area contributed by atoms with E-state index in [2.05, 4.69) is 10.6 Å². The third-order valence-electron chi connectivity index (χ3n) is 5.89. The molecule has 176 valence electrons. The topological polar surface area (TPSA) is 81.8 Å². The summed E-state index contributed by atoms with van der Waals surface area (Å²) in [5.74, 6) is -0.373. The van der Waals surface area contributed by atoms with E-state index in [1.165, 1.54) is 0 Å². The molecule has 3 rings (SSSR count). The number of para-hydroxylation sites is 2. The van der Waals surface area contributed by atoms with Crippen LogP contribution in [-0.2, 0) is 20.8 Å². The fraction of sp³-hybridized carbons (Fsp3) is 0.423. The summed E-state index contributed by atoms with van der Waals surface area (Å²) < 4.78 is 0. The van der Waals surface area contributed by atoms with Gasteiger partial charge in [0, 0.05) is 13.0 Å². The second kappa shape index (κ2) is 11.1. The van der Waals surface area contributed by atoms with Crippen LogP contribution in [0, 0.1) is 5.92 Å². The maximum absolute atomic E-state index is 13.7. The Bertz CT molecular complexity index is 977. The molecule has 7 nitrogen and oxygen atoms in total. The van der Waals surface area contributed by atoms with Crippen molar-refractivity contribution in [1.29, 1.82) is 0 Å². The van der Waals surface area contributed by atoms with Crippen molar-refractivity contribution in [2.75, 3.05) is 29.9 Å². The van der Waals surface area contributed by atoms with Gasteiger partial charge in [-0.2, -0.15) is 0 Å². The Morgan fingerprint density at radius 3 is 2.27 bits per heavy atom. The molecule has 2 aromatic rings. The normalized spacial score (nSPS) is 16.9. The van der Waals surface area contributed by atoms with Gasteiger partial charge in [-0.15, -0.1) is 0 Å². The van der Waals surface area contributed by atoms with Crippen LogP contribution in [0.2, 0.25) is 0 Å². The van der Waals surface area contributed by atoms with E-state index in [1.807, 2.05) is 68.4 Å². The first-order valence-corrected chi connectivity index (χ1v) is 11.5. The monoisotopic (exact) mass is 450 g/mol. The summed E-state index contributed by atoms with van der Waals surface area (Å²) in [5, 5.41) is 5.78. The molecule has 7 heteroatoms. The highest BCUT2D eigenvalue weighted by Gasteiger charge is 2.37. The molecule has 0 aliphatic carbocycles. The van der Waals surface area contributed by atoms with E-state index >= 15 is 0 Å². The van der Waals surface area contributed by atoms with E-state index in [4.69, 9.17) is 0 Å². The van der Waals surface area contributed by atoms with Crippen molar-refractivity contribution in [3.05, 3.63) is 60.2 Å². The van der Waals surface area contributed by atoms with Gasteiger partial charge in [-0.05, 0) is 44.0 Å².